The van der Waals surface area contributed by atoms with Crippen LogP contribution in [0.15, 0.2) is 0 Å². The third-order valence-corrected chi connectivity index (χ3v) is 5.89. The Morgan fingerprint density at radius 3 is 2.33 bits per heavy atom. The quantitative estimate of drug-likeness (QED) is 0.643. The fourth-order valence-corrected chi connectivity index (χ4v) is 4.66. The molecule has 0 bridgehead atoms. The Kier molecular flexibility index (Phi) is 8.21. The van der Waals surface area contributed by atoms with Crippen molar-refractivity contribution in [1.29, 1.82) is 0 Å². The van der Waals surface area contributed by atoms with Crippen molar-refractivity contribution < 1.29 is 8.42 Å². The lowest BCUT2D eigenvalue weighted by atomic mass is 9.78. The molecule has 1 fully saturated rings. The average Bonchev–Trinajstić information content (AvgIpc) is 2.37. The van der Waals surface area contributed by atoms with Gasteiger partial charge >= 0.3 is 0 Å². The van der Waals surface area contributed by atoms with Crippen molar-refractivity contribution in [2.45, 2.75) is 78.3 Å². The predicted molar refractivity (Wildman–Crippen MR) is 89.9 cm³/mol. The van der Waals surface area contributed by atoms with Gasteiger partial charge in [-0.25, -0.2) is 13.1 Å². The molecule has 126 valence electrons. The van der Waals surface area contributed by atoms with Gasteiger partial charge in [0.25, 0.3) is 0 Å². The molecule has 1 aliphatic rings. The van der Waals surface area contributed by atoms with Gasteiger partial charge in [-0.3, -0.25) is 0 Å². The molecule has 0 radical (unpaired) electrons. The van der Waals surface area contributed by atoms with Gasteiger partial charge in [-0.15, -0.1) is 0 Å². The fourth-order valence-electron chi connectivity index (χ4n) is 3.20. The summed E-state index contributed by atoms with van der Waals surface area (Å²) in [5.74, 6) is 1.30. The molecule has 0 aromatic carbocycles. The maximum atomic E-state index is 12.2. The van der Waals surface area contributed by atoms with Crippen molar-refractivity contribution in [2.75, 3.05) is 12.3 Å². The van der Waals surface area contributed by atoms with E-state index in [2.05, 4.69) is 37.7 Å². The van der Waals surface area contributed by atoms with E-state index in [9.17, 15) is 8.42 Å². The highest BCUT2D eigenvalue weighted by Gasteiger charge is 2.30. The summed E-state index contributed by atoms with van der Waals surface area (Å²) in [6, 6.07) is 0.617. The van der Waals surface area contributed by atoms with Crippen molar-refractivity contribution in [3.63, 3.8) is 0 Å². The Morgan fingerprint density at radius 2 is 1.71 bits per heavy atom. The molecule has 0 spiro atoms. The van der Waals surface area contributed by atoms with Crippen molar-refractivity contribution in [2.24, 2.45) is 11.8 Å². The second-order valence-corrected chi connectivity index (χ2v) is 8.92. The second-order valence-electron chi connectivity index (χ2n) is 7.05. The molecule has 0 heterocycles. The first-order chi connectivity index (χ1) is 9.82. The molecule has 1 saturated carbocycles. The van der Waals surface area contributed by atoms with Crippen LogP contribution in [0.25, 0.3) is 0 Å². The van der Waals surface area contributed by atoms with E-state index in [1.165, 1.54) is 6.42 Å². The van der Waals surface area contributed by atoms with E-state index in [0.717, 1.165) is 38.6 Å². The minimum absolute atomic E-state index is 0.150. The summed E-state index contributed by atoms with van der Waals surface area (Å²) in [7, 11) is -3.13. The summed E-state index contributed by atoms with van der Waals surface area (Å²) >= 11 is 0. The zero-order valence-electron chi connectivity index (χ0n) is 14.2. The summed E-state index contributed by atoms with van der Waals surface area (Å²) < 4.78 is 27.4. The van der Waals surface area contributed by atoms with Crippen LogP contribution in [0.5, 0.6) is 0 Å². The van der Waals surface area contributed by atoms with Crippen LogP contribution >= 0.6 is 0 Å². The molecule has 0 aromatic rings. The maximum absolute atomic E-state index is 12.2. The number of hydrogen-bond acceptors (Lipinski definition) is 3. The number of sulfonamides is 1. The van der Waals surface area contributed by atoms with E-state index in [-0.39, 0.29) is 11.8 Å². The fraction of sp³-hybridized carbons (Fsp3) is 1.00. The number of hydrogen-bond donors (Lipinski definition) is 2. The van der Waals surface area contributed by atoms with Crippen LogP contribution in [0.2, 0.25) is 0 Å². The smallest absolute Gasteiger partial charge is 0.211 e. The van der Waals surface area contributed by atoms with Crippen molar-refractivity contribution in [1.82, 2.24) is 10.0 Å². The molecule has 1 aliphatic carbocycles. The Hall–Kier alpha value is -0.130. The van der Waals surface area contributed by atoms with Crippen LogP contribution in [0.4, 0.5) is 0 Å². The summed E-state index contributed by atoms with van der Waals surface area (Å²) in [4.78, 5) is 0. The predicted octanol–water partition coefficient (Wildman–Crippen LogP) is 2.90. The summed E-state index contributed by atoms with van der Waals surface area (Å²) in [5, 5.41) is 3.32. The molecule has 21 heavy (non-hydrogen) atoms. The van der Waals surface area contributed by atoms with E-state index in [4.69, 9.17) is 0 Å². The SMILES string of the molecule is CC(C)NCCCCS(=O)(=O)NC1CCCCC1C(C)C. The minimum atomic E-state index is -3.13. The molecule has 2 N–H and O–H groups in total. The van der Waals surface area contributed by atoms with E-state index >= 15 is 0 Å². The molecule has 0 saturated heterocycles. The van der Waals surface area contributed by atoms with Gasteiger partial charge in [0.15, 0.2) is 0 Å². The highest BCUT2D eigenvalue weighted by molar-refractivity contribution is 7.89. The van der Waals surface area contributed by atoms with Crippen LogP contribution in [0.1, 0.15) is 66.2 Å². The second kappa shape index (κ2) is 9.11. The lowest BCUT2D eigenvalue weighted by Gasteiger charge is -2.34. The van der Waals surface area contributed by atoms with Gasteiger partial charge in [-0.1, -0.05) is 40.5 Å². The highest BCUT2D eigenvalue weighted by Crippen LogP contribution is 2.30. The topological polar surface area (TPSA) is 58.2 Å². The first-order valence-electron chi connectivity index (χ1n) is 8.55. The number of rotatable bonds is 9. The molecule has 0 aromatic heterocycles. The Morgan fingerprint density at radius 1 is 1.05 bits per heavy atom. The molecule has 4 nitrogen and oxygen atoms in total. The standard InChI is InChI=1S/C16H34N2O2S/c1-13(2)15-9-5-6-10-16(15)18-21(19,20)12-8-7-11-17-14(3)4/h13-18H,5-12H2,1-4H3. The summed E-state index contributed by atoms with van der Waals surface area (Å²) in [6.07, 6.45) is 6.18. The molecule has 1 rings (SSSR count). The molecule has 2 atom stereocenters. The van der Waals surface area contributed by atoms with Crippen LogP contribution in [0, 0.1) is 11.8 Å². The lowest BCUT2D eigenvalue weighted by molar-refractivity contribution is 0.226. The summed E-state index contributed by atoms with van der Waals surface area (Å²) in [6.45, 7) is 9.51. The Bertz CT molecular complexity index is 380. The molecule has 0 amide bonds. The van der Waals surface area contributed by atoms with Gasteiger partial charge in [0, 0.05) is 12.1 Å². The third-order valence-electron chi connectivity index (χ3n) is 4.40. The van der Waals surface area contributed by atoms with E-state index < -0.39 is 10.0 Å². The molecular weight excluding hydrogens is 284 g/mol. The molecule has 5 heteroatoms. The number of unbranched alkanes of at least 4 members (excludes halogenated alkanes) is 1. The number of nitrogens with one attached hydrogen (secondary N) is 2. The molecular formula is C16H34N2O2S. The van der Waals surface area contributed by atoms with E-state index in [1.807, 2.05) is 0 Å². The van der Waals surface area contributed by atoms with Crippen molar-refractivity contribution >= 4 is 10.0 Å². The van der Waals surface area contributed by atoms with Crippen LogP contribution in [0.3, 0.4) is 0 Å². The Labute approximate surface area is 131 Å². The monoisotopic (exact) mass is 318 g/mol. The molecule has 2 unspecified atom stereocenters. The third kappa shape index (κ3) is 7.61. The first kappa shape index (κ1) is 18.9. The van der Waals surface area contributed by atoms with E-state index in [0.29, 0.717) is 17.9 Å². The maximum Gasteiger partial charge on any atom is 0.211 e. The normalized spacial score (nSPS) is 23.9. The van der Waals surface area contributed by atoms with Gasteiger partial charge in [0.1, 0.15) is 0 Å². The Balaban J connectivity index is 2.36. The van der Waals surface area contributed by atoms with Gasteiger partial charge in [0.05, 0.1) is 5.75 Å². The molecule has 0 aliphatic heterocycles. The van der Waals surface area contributed by atoms with Crippen LogP contribution < -0.4 is 10.0 Å². The zero-order valence-corrected chi connectivity index (χ0v) is 15.0. The lowest BCUT2D eigenvalue weighted by Crippen LogP contribution is -2.44. The van der Waals surface area contributed by atoms with Crippen LogP contribution in [-0.4, -0.2) is 32.8 Å². The van der Waals surface area contributed by atoms with Gasteiger partial charge in [-0.05, 0) is 44.1 Å². The highest BCUT2D eigenvalue weighted by atomic mass is 32.2. The van der Waals surface area contributed by atoms with E-state index in [1.54, 1.807) is 0 Å². The van der Waals surface area contributed by atoms with Gasteiger partial charge < -0.3 is 5.32 Å². The van der Waals surface area contributed by atoms with Gasteiger partial charge in [0.2, 0.25) is 10.0 Å². The first-order valence-corrected chi connectivity index (χ1v) is 10.2. The summed E-state index contributed by atoms with van der Waals surface area (Å²) in [5.41, 5.74) is 0. The average molecular weight is 319 g/mol. The van der Waals surface area contributed by atoms with Gasteiger partial charge in [-0.2, -0.15) is 0 Å². The van der Waals surface area contributed by atoms with Crippen LogP contribution in [-0.2, 0) is 10.0 Å². The zero-order chi connectivity index (χ0) is 15.9. The van der Waals surface area contributed by atoms with Crippen molar-refractivity contribution in [3.8, 4) is 0 Å². The minimum Gasteiger partial charge on any atom is -0.315 e. The largest absolute Gasteiger partial charge is 0.315 e. The van der Waals surface area contributed by atoms with Crippen molar-refractivity contribution in [3.05, 3.63) is 0 Å².